The second kappa shape index (κ2) is 5.66. The molecule has 0 bridgehead atoms. The van der Waals surface area contributed by atoms with Crippen LogP contribution < -0.4 is 5.32 Å². The van der Waals surface area contributed by atoms with Crippen molar-refractivity contribution in [1.29, 1.82) is 0 Å². The Hall–Kier alpha value is -0.820. The van der Waals surface area contributed by atoms with E-state index in [4.69, 9.17) is 9.47 Å². The van der Waals surface area contributed by atoms with E-state index in [0.29, 0.717) is 13.1 Å². The van der Waals surface area contributed by atoms with Crippen molar-refractivity contribution in [1.82, 2.24) is 5.32 Å². The van der Waals surface area contributed by atoms with Gasteiger partial charge < -0.3 is 14.8 Å². The van der Waals surface area contributed by atoms with Crippen molar-refractivity contribution < 1.29 is 27.4 Å². The molecular formula is C12H20F3NO3. The van der Waals surface area contributed by atoms with Crippen LogP contribution in [-0.4, -0.2) is 43.0 Å². The number of piperidine rings is 1. The molecule has 0 unspecified atom stereocenters. The van der Waals surface area contributed by atoms with E-state index in [1.54, 1.807) is 20.8 Å². The first-order valence-corrected chi connectivity index (χ1v) is 6.19. The van der Waals surface area contributed by atoms with E-state index in [0.717, 1.165) is 0 Å². The van der Waals surface area contributed by atoms with Crippen molar-refractivity contribution in [2.75, 3.05) is 19.7 Å². The van der Waals surface area contributed by atoms with Gasteiger partial charge in [-0.1, -0.05) is 0 Å². The molecule has 1 N–H and O–H groups in total. The quantitative estimate of drug-likeness (QED) is 0.805. The smallest absolute Gasteiger partial charge is 0.411 e. The molecule has 0 amide bonds. The number of esters is 1. The first kappa shape index (κ1) is 16.2. The molecule has 1 aliphatic rings. The number of alkyl halides is 3. The number of nitrogens with one attached hydrogen (secondary N) is 1. The Balaban J connectivity index is 2.77. The Labute approximate surface area is 110 Å². The summed E-state index contributed by atoms with van der Waals surface area (Å²) in [5.74, 6) is -0.717. The van der Waals surface area contributed by atoms with Crippen molar-refractivity contribution >= 4 is 5.97 Å². The molecule has 0 aromatic heterocycles. The highest BCUT2D eigenvalue weighted by molar-refractivity contribution is 5.80. The highest BCUT2D eigenvalue weighted by Crippen LogP contribution is 2.29. The largest absolute Gasteiger partial charge is 0.458 e. The maximum atomic E-state index is 12.3. The van der Waals surface area contributed by atoms with Gasteiger partial charge in [-0.05, 0) is 46.7 Å². The van der Waals surface area contributed by atoms with Crippen LogP contribution in [0.2, 0.25) is 0 Å². The second-order valence-corrected chi connectivity index (χ2v) is 5.65. The summed E-state index contributed by atoms with van der Waals surface area (Å²) in [6, 6.07) is 0. The summed E-state index contributed by atoms with van der Waals surface area (Å²) in [6.07, 6.45) is -4.10. The van der Waals surface area contributed by atoms with Gasteiger partial charge in [-0.25, -0.2) is 4.79 Å². The average molecular weight is 283 g/mol. The van der Waals surface area contributed by atoms with Crippen molar-refractivity contribution in [3.63, 3.8) is 0 Å². The van der Waals surface area contributed by atoms with Gasteiger partial charge in [0.1, 0.15) is 12.2 Å². The third-order valence-corrected chi connectivity index (χ3v) is 2.69. The Morgan fingerprint density at radius 1 is 1.21 bits per heavy atom. The summed E-state index contributed by atoms with van der Waals surface area (Å²) in [5.41, 5.74) is -2.25. The van der Waals surface area contributed by atoms with Crippen molar-refractivity contribution in [3.05, 3.63) is 0 Å². The normalized spacial score (nSPS) is 20.1. The van der Waals surface area contributed by atoms with E-state index in [1.165, 1.54) is 0 Å². The number of halogens is 3. The van der Waals surface area contributed by atoms with Crippen LogP contribution in [0.4, 0.5) is 13.2 Å². The molecule has 0 saturated carbocycles. The summed E-state index contributed by atoms with van der Waals surface area (Å²) < 4.78 is 47.0. The van der Waals surface area contributed by atoms with E-state index in [-0.39, 0.29) is 12.8 Å². The van der Waals surface area contributed by atoms with Gasteiger partial charge in [0.15, 0.2) is 5.60 Å². The zero-order valence-electron chi connectivity index (χ0n) is 11.4. The minimum Gasteiger partial charge on any atom is -0.458 e. The van der Waals surface area contributed by atoms with Crippen LogP contribution in [0.1, 0.15) is 33.6 Å². The van der Waals surface area contributed by atoms with Crippen LogP contribution in [0, 0.1) is 0 Å². The molecule has 7 heteroatoms. The van der Waals surface area contributed by atoms with Crippen molar-refractivity contribution in [3.8, 4) is 0 Å². The molecule has 1 saturated heterocycles. The lowest BCUT2D eigenvalue weighted by atomic mass is 9.92. The van der Waals surface area contributed by atoms with Gasteiger partial charge in [-0.2, -0.15) is 13.2 Å². The predicted molar refractivity (Wildman–Crippen MR) is 62.7 cm³/mol. The molecular weight excluding hydrogens is 263 g/mol. The molecule has 4 nitrogen and oxygen atoms in total. The monoisotopic (exact) mass is 283 g/mol. The third kappa shape index (κ3) is 5.36. The van der Waals surface area contributed by atoms with Gasteiger partial charge in [0.2, 0.25) is 0 Å². The minimum absolute atomic E-state index is 0.179. The van der Waals surface area contributed by atoms with Crippen LogP contribution in [0.15, 0.2) is 0 Å². The average Bonchev–Trinajstić information content (AvgIpc) is 2.24. The summed E-state index contributed by atoms with van der Waals surface area (Å²) in [7, 11) is 0. The third-order valence-electron chi connectivity index (χ3n) is 2.69. The number of ether oxygens (including phenoxy) is 2. The molecule has 19 heavy (non-hydrogen) atoms. The van der Waals surface area contributed by atoms with Gasteiger partial charge in [0, 0.05) is 0 Å². The van der Waals surface area contributed by atoms with E-state index < -0.39 is 30.0 Å². The molecule has 0 aliphatic carbocycles. The fraction of sp³-hybridized carbons (Fsp3) is 0.917. The number of carbonyl (C=O) groups is 1. The highest BCUT2D eigenvalue weighted by atomic mass is 19.4. The lowest BCUT2D eigenvalue weighted by Crippen LogP contribution is -2.53. The standard InChI is InChI=1S/C12H20F3NO3/c1-10(2,3)19-9(17)11(4-6-16-7-5-11)18-8-12(13,14)15/h16H,4-8H2,1-3H3. The highest BCUT2D eigenvalue weighted by Gasteiger charge is 2.46. The lowest BCUT2D eigenvalue weighted by Gasteiger charge is -2.37. The summed E-state index contributed by atoms with van der Waals surface area (Å²) >= 11 is 0. The van der Waals surface area contributed by atoms with E-state index >= 15 is 0 Å². The maximum Gasteiger partial charge on any atom is 0.411 e. The SMILES string of the molecule is CC(C)(C)OC(=O)C1(OCC(F)(F)F)CCNCC1. The molecule has 0 aromatic carbocycles. The van der Waals surface area contributed by atoms with Gasteiger partial charge in [-0.15, -0.1) is 0 Å². The molecule has 0 spiro atoms. The summed E-state index contributed by atoms with van der Waals surface area (Å²) in [4.78, 5) is 12.1. The van der Waals surface area contributed by atoms with Crippen LogP contribution in [0.5, 0.6) is 0 Å². The van der Waals surface area contributed by atoms with Gasteiger partial charge in [0.05, 0.1) is 0 Å². The van der Waals surface area contributed by atoms with Crippen LogP contribution in [-0.2, 0) is 14.3 Å². The Morgan fingerprint density at radius 2 is 1.74 bits per heavy atom. The first-order valence-electron chi connectivity index (χ1n) is 6.19. The Morgan fingerprint density at radius 3 is 2.16 bits per heavy atom. The number of carbonyl (C=O) groups excluding carboxylic acids is 1. The van der Waals surface area contributed by atoms with Crippen LogP contribution in [0.25, 0.3) is 0 Å². The molecule has 1 fully saturated rings. The number of hydrogen-bond donors (Lipinski definition) is 1. The molecule has 1 heterocycles. The molecule has 0 atom stereocenters. The van der Waals surface area contributed by atoms with Crippen molar-refractivity contribution in [2.24, 2.45) is 0 Å². The van der Waals surface area contributed by atoms with E-state index in [1.807, 2.05) is 0 Å². The molecule has 1 rings (SSSR count). The topological polar surface area (TPSA) is 47.6 Å². The van der Waals surface area contributed by atoms with E-state index in [2.05, 4.69) is 5.32 Å². The first-order chi connectivity index (χ1) is 8.54. The van der Waals surface area contributed by atoms with Gasteiger partial charge >= 0.3 is 12.1 Å². The van der Waals surface area contributed by atoms with Crippen LogP contribution >= 0.6 is 0 Å². The molecule has 112 valence electrons. The van der Waals surface area contributed by atoms with E-state index in [9.17, 15) is 18.0 Å². The summed E-state index contributed by atoms with van der Waals surface area (Å²) in [6.45, 7) is 4.43. The molecule has 0 aromatic rings. The fourth-order valence-corrected chi connectivity index (χ4v) is 1.83. The van der Waals surface area contributed by atoms with Crippen molar-refractivity contribution in [2.45, 2.75) is 51.0 Å². The zero-order valence-corrected chi connectivity index (χ0v) is 11.4. The lowest BCUT2D eigenvalue weighted by molar-refractivity contribution is -0.224. The zero-order chi connectivity index (χ0) is 14.7. The number of rotatable bonds is 3. The predicted octanol–water partition coefficient (Wildman–Crippen LogP) is 2.03. The minimum atomic E-state index is -4.46. The number of hydrogen-bond acceptors (Lipinski definition) is 4. The molecule has 0 radical (unpaired) electrons. The summed E-state index contributed by atoms with van der Waals surface area (Å²) in [5, 5.41) is 2.99. The molecule has 1 aliphatic heterocycles. The second-order valence-electron chi connectivity index (χ2n) is 5.65. The maximum absolute atomic E-state index is 12.3. The van der Waals surface area contributed by atoms with Crippen LogP contribution in [0.3, 0.4) is 0 Å². The van der Waals surface area contributed by atoms with Gasteiger partial charge in [-0.3, -0.25) is 0 Å². The van der Waals surface area contributed by atoms with Gasteiger partial charge in [0.25, 0.3) is 0 Å². The fourth-order valence-electron chi connectivity index (χ4n) is 1.83. The Bertz CT molecular complexity index is 317. The Kier molecular flexibility index (Phi) is 4.84.